The van der Waals surface area contributed by atoms with E-state index in [1.807, 2.05) is 0 Å². The molecule has 7 N–H and O–H groups in total. The molecule has 0 rings (SSSR count). The topological polar surface area (TPSA) is 142 Å². The van der Waals surface area contributed by atoms with Gasteiger partial charge in [0.2, 0.25) is 0 Å². The number of hydrogen-bond donors (Lipinski definition) is 7. The third kappa shape index (κ3) is 3.46. The predicted octanol–water partition coefficient (Wildman–Crippen LogP) is -4.22. The molecule has 0 amide bonds. The van der Waals surface area contributed by atoms with Crippen LogP contribution in [-0.2, 0) is 0 Å². The summed E-state index contributed by atoms with van der Waals surface area (Å²) >= 11 is 0. The standard InChI is InChI=1S/C7H16O7/c8-1-3(10)5(12)7(14)6(13)4(11)2-9/h3-14H,1-2H2/t3-,4-,5-,6+,7-/m1/s1. The highest BCUT2D eigenvalue weighted by Crippen LogP contribution is 2.07. The molecule has 7 nitrogen and oxygen atoms in total. The SMILES string of the molecule is OC[C@@H](O)[C@H](O)[C@H](O)[C@H](O)[C@H](O)CO. The van der Waals surface area contributed by atoms with Gasteiger partial charge in [0, 0.05) is 0 Å². The lowest BCUT2D eigenvalue weighted by atomic mass is 10.00. The lowest BCUT2D eigenvalue weighted by Crippen LogP contribution is -2.50. The van der Waals surface area contributed by atoms with Gasteiger partial charge in [0.25, 0.3) is 0 Å². The Morgan fingerprint density at radius 2 is 0.857 bits per heavy atom. The van der Waals surface area contributed by atoms with Gasteiger partial charge in [-0.15, -0.1) is 0 Å². The van der Waals surface area contributed by atoms with E-state index in [4.69, 9.17) is 35.7 Å². The van der Waals surface area contributed by atoms with Gasteiger partial charge in [0.05, 0.1) is 13.2 Å². The quantitative estimate of drug-likeness (QED) is 0.236. The molecule has 86 valence electrons. The third-order valence-electron chi connectivity index (χ3n) is 1.86. The zero-order valence-electron chi connectivity index (χ0n) is 7.43. The van der Waals surface area contributed by atoms with Crippen LogP contribution in [0.2, 0.25) is 0 Å². The summed E-state index contributed by atoms with van der Waals surface area (Å²) in [6.07, 6.45) is -8.68. The molecular weight excluding hydrogens is 196 g/mol. The summed E-state index contributed by atoms with van der Waals surface area (Å²) in [5.41, 5.74) is 0. The van der Waals surface area contributed by atoms with Gasteiger partial charge in [-0.25, -0.2) is 0 Å². The number of aliphatic hydroxyl groups excluding tert-OH is 7. The van der Waals surface area contributed by atoms with Gasteiger partial charge >= 0.3 is 0 Å². The number of aliphatic hydroxyl groups is 7. The molecule has 0 aromatic heterocycles. The van der Waals surface area contributed by atoms with Gasteiger partial charge < -0.3 is 35.7 Å². The summed E-state index contributed by atoms with van der Waals surface area (Å²) in [5, 5.41) is 61.9. The van der Waals surface area contributed by atoms with E-state index >= 15 is 0 Å². The summed E-state index contributed by atoms with van der Waals surface area (Å²) in [6.45, 7) is -1.58. The summed E-state index contributed by atoms with van der Waals surface area (Å²) in [6, 6.07) is 0. The molecule has 0 aromatic rings. The smallest absolute Gasteiger partial charge is 0.111 e. The third-order valence-corrected chi connectivity index (χ3v) is 1.86. The van der Waals surface area contributed by atoms with E-state index in [2.05, 4.69) is 0 Å². The van der Waals surface area contributed by atoms with Gasteiger partial charge in [0.15, 0.2) is 0 Å². The maximum absolute atomic E-state index is 9.15. The van der Waals surface area contributed by atoms with Crippen LogP contribution in [0.4, 0.5) is 0 Å². The first-order chi connectivity index (χ1) is 6.45. The van der Waals surface area contributed by atoms with Crippen LogP contribution in [-0.4, -0.2) is 79.5 Å². The van der Waals surface area contributed by atoms with Crippen molar-refractivity contribution < 1.29 is 35.7 Å². The van der Waals surface area contributed by atoms with Crippen molar-refractivity contribution in [2.24, 2.45) is 0 Å². The van der Waals surface area contributed by atoms with Gasteiger partial charge in [-0.3, -0.25) is 0 Å². The van der Waals surface area contributed by atoms with Crippen molar-refractivity contribution in [3.8, 4) is 0 Å². The molecule has 0 aliphatic carbocycles. The van der Waals surface area contributed by atoms with Crippen LogP contribution in [0.25, 0.3) is 0 Å². The highest BCUT2D eigenvalue weighted by Gasteiger charge is 2.33. The van der Waals surface area contributed by atoms with Crippen LogP contribution >= 0.6 is 0 Å². The van der Waals surface area contributed by atoms with Crippen LogP contribution in [0.5, 0.6) is 0 Å². The second kappa shape index (κ2) is 6.25. The molecule has 0 aromatic carbocycles. The van der Waals surface area contributed by atoms with E-state index in [0.717, 1.165) is 0 Å². The molecule has 0 bridgehead atoms. The Labute approximate surface area is 80.5 Å². The average Bonchev–Trinajstić information content (AvgIpc) is 2.23. The fraction of sp³-hybridized carbons (Fsp3) is 1.00. The van der Waals surface area contributed by atoms with E-state index < -0.39 is 43.7 Å². The summed E-state index contributed by atoms with van der Waals surface area (Å²) < 4.78 is 0. The molecule has 14 heavy (non-hydrogen) atoms. The Balaban J connectivity index is 4.22. The van der Waals surface area contributed by atoms with Crippen LogP contribution in [0, 0.1) is 0 Å². The molecule has 0 saturated carbocycles. The number of hydrogen-bond acceptors (Lipinski definition) is 7. The van der Waals surface area contributed by atoms with E-state index in [-0.39, 0.29) is 0 Å². The first-order valence-corrected chi connectivity index (χ1v) is 4.07. The lowest BCUT2D eigenvalue weighted by Gasteiger charge is -2.27. The van der Waals surface area contributed by atoms with Gasteiger partial charge in [0.1, 0.15) is 30.5 Å². The zero-order chi connectivity index (χ0) is 11.3. The highest BCUT2D eigenvalue weighted by atomic mass is 16.4. The minimum atomic E-state index is -1.85. The average molecular weight is 212 g/mol. The summed E-state index contributed by atoms with van der Waals surface area (Å²) in [5.74, 6) is 0. The molecule has 0 saturated heterocycles. The zero-order valence-corrected chi connectivity index (χ0v) is 7.43. The van der Waals surface area contributed by atoms with Crippen molar-refractivity contribution in [1.82, 2.24) is 0 Å². The van der Waals surface area contributed by atoms with Crippen molar-refractivity contribution in [3.05, 3.63) is 0 Å². The Kier molecular flexibility index (Phi) is 6.12. The van der Waals surface area contributed by atoms with Crippen molar-refractivity contribution >= 4 is 0 Å². The van der Waals surface area contributed by atoms with Crippen LogP contribution in [0.15, 0.2) is 0 Å². The molecule has 7 heteroatoms. The maximum Gasteiger partial charge on any atom is 0.111 e. The molecule has 5 atom stereocenters. The van der Waals surface area contributed by atoms with Crippen molar-refractivity contribution in [2.75, 3.05) is 13.2 Å². The molecule has 0 aliphatic heterocycles. The van der Waals surface area contributed by atoms with E-state index in [0.29, 0.717) is 0 Å². The summed E-state index contributed by atoms with van der Waals surface area (Å²) in [7, 11) is 0. The van der Waals surface area contributed by atoms with Crippen LogP contribution in [0.1, 0.15) is 0 Å². The molecule has 0 unspecified atom stereocenters. The Morgan fingerprint density at radius 1 is 0.571 bits per heavy atom. The second-order valence-corrected chi connectivity index (χ2v) is 2.97. The van der Waals surface area contributed by atoms with Crippen molar-refractivity contribution in [2.45, 2.75) is 30.5 Å². The number of rotatable bonds is 6. The first-order valence-electron chi connectivity index (χ1n) is 4.07. The lowest BCUT2D eigenvalue weighted by molar-refractivity contribution is -0.145. The van der Waals surface area contributed by atoms with Gasteiger partial charge in [-0.1, -0.05) is 0 Å². The molecule has 0 aliphatic rings. The maximum atomic E-state index is 9.15. The van der Waals surface area contributed by atoms with E-state index in [9.17, 15) is 0 Å². The summed E-state index contributed by atoms with van der Waals surface area (Å²) in [4.78, 5) is 0. The largest absolute Gasteiger partial charge is 0.394 e. The molecule has 0 radical (unpaired) electrons. The molecular formula is C7H16O7. The Bertz CT molecular complexity index is 137. The second-order valence-electron chi connectivity index (χ2n) is 2.97. The van der Waals surface area contributed by atoms with E-state index in [1.54, 1.807) is 0 Å². The molecule has 0 heterocycles. The molecule has 0 fully saturated rings. The van der Waals surface area contributed by atoms with Gasteiger partial charge in [-0.2, -0.15) is 0 Å². The van der Waals surface area contributed by atoms with Crippen LogP contribution in [0.3, 0.4) is 0 Å². The minimum absolute atomic E-state index is 0.792. The highest BCUT2D eigenvalue weighted by molar-refractivity contribution is 4.84. The predicted molar refractivity (Wildman–Crippen MR) is 44.2 cm³/mol. The fourth-order valence-electron chi connectivity index (χ4n) is 0.873. The Hall–Kier alpha value is -0.280. The normalized spacial score (nSPS) is 22.5. The van der Waals surface area contributed by atoms with Crippen molar-refractivity contribution in [3.63, 3.8) is 0 Å². The van der Waals surface area contributed by atoms with Gasteiger partial charge in [-0.05, 0) is 0 Å². The fourth-order valence-corrected chi connectivity index (χ4v) is 0.873. The minimum Gasteiger partial charge on any atom is -0.394 e. The van der Waals surface area contributed by atoms with Crippen molar-refractivity contribution in [1.29, 1.82) is 0 Å². The first kappa shape index (κ1) is 13.7. The van der Waals surface area contributed by atoms with Crippen LogP contribution < -0.4 is 0 Å². The van der Waals surface area contributed by atoms with E-state index in [1.165, 1.54) is 0 Å². The monoisotopic (exact) mass is 212 g/mol. The molecule has 0 spiro atoms. The Morgan fingerprint density at radius 3 is 1.07 bits per heavy atom.